The molecule has 0 amide bonds. The Hall–Kier alpha value is -1.91. The zero-order valence-electron chi connectivity index (χ0n) is 11.7. The Balaban J connectivity index is 2.19. The molecule has 1 aromatic rings. The molecular formula is C14H16N2O4S. The van der Waals surface area contributed by atoms with Crippen LogP contribution in [0.1, 0.15) is 18.4 Å². The molecule has 1 aromatic carbocycles. The number of hydrogen-bond donors (Lipinski definition) is 0. The molecule has 7 heteroatoms. The summed E-state index contributed by atoms with van der Waals surface area (Å²) in [5, 5.41) is 9.03. The van der Waals surface area contributed by atoms with Gasteiger partial charge in [-0.15, -0.1) is 0 Å². The topological polar surface area (TPSA) is 87.5 Å². The number of rotatable bonds is 3. The summed E-state index contributed by atoms with van der Waals surface area (Å²) in [7, 11) is -2.37. The summed E-state index contributed by atoms with van der Waals surface area (Å²) in [4.78, 5) is 11.5. The highest BCUT2D eigenvalue weighted by Gasteiger charge is 2.33. The van der Waals surface area contributed by atoms with Crippen molar-refractivity contribution in [1.29, 1.82) is 5.26 Å². The number of carbonyl (C=O) groups is 1. The Morgan fingerprint density at radius 1 is 1.33 bits per heavy atom. The molecule has 1 fully saturated rings. The molecule has 2 rings (SSSR count). The monoisotopic (exact) mass is 308 g/mol. The van der Waals surface area contributed by atoms with Gasteiger partial charge in [-0.1, -0.05) is 12.1 Å². The minimum absolute atomic E-state index is 0.0176. The third-order valence-electron chi connectivity index (χ3n) is 3.61. The summed E-state index contributed by atoms with van der Waals surface area (Å²) >= 11 is 0. The van der Waals surface area contributed by atoms with Gasteiger partial charge in [0.15, 0.2) is 0 Å². The van der Waals surface area contributed by atoms with Gasteiger partial charge in [-0.05, 0) is 25.0 Å². The number of piperidine rings is 1. The van der Waals surface area contributed by atoms with Crippen LogP contribution in [0.4, 0.5) is 0 Å². The molecule has 21 heavy (non-hydrogen) atoms. The van der Waals surface area contributed by atoms with Gasteiger partial charge >= 0.3 is 5.97 Å². The largest absolute Gasteiger partial charge is 0.469 e. The predicted molar refractivity (Wildman–Crippen MR) is 74.7 cm³/mol. The molecule has 1 aliphatic rings. The molecular weight excluding hydrogens is 292 g/mol. The van der Waals surface area contributed by atoms with E-state index in [0.717, 1.165) is 0 Å². The van der Waals surface area contributed by atoms with Crippen LogP contribution < -0.4 is 0 Å². The highest BCUT2D eigenvalue weighted by atomic mass is 32.2. The average Bonchev–Trinajstić information content (AvgIpc) is 2.54. The summed E-state index contributed by atoms with van der Waals surface area (Å²) in [5.41, 5.74) is 0.132. The number of nitriles is 1. The third kappa shape index (κ3) is 3.06. The molecule has 0 unspecified atom stereocenters. The summed E-state index contributed by atoms with van der Waals surface area (Å²) in [6.45, 7) is 0.504. The first-order chi connectivity index (χ1) is 10.0. The van der Waals surface area contributed by atoms with Gasteiger partial charge in [-0.25, -0.2) is 8.42 Å². The molecule has 0 bridgehead atoms. The van der Waals surface area contributed by atoms with Gasteiger partial charge in [0.1, 0.15) is 6.07 Å². The van der Waals surface area contributed by atoms with Crippen molar-refractivity contribution >= 4 is 16.0 Å². The molecule has 0 atom stereocenters. The Morgan fingerprint density at radius 2 is 1.95 bits per heavy atom. The lowest BCUT2D eigenvalue weighted by molar-refractivity contribution is -0.146. The van der Waals surface area contributed by atoms with Crippen molar-refractivity contribution in [3.63, 3.8) is 0 Å². The summed E-state index contributed by atoms with van der Waals surface area (Å²) in [6, 6.07) is 8.03. The fraction of sp³-hybridized carbons (Fsp3) is 0.429. The number of benzene rings is 1. The fourth-order valence-electron chi connectivity index (χ4n) is 2.42. The van der Waals surface area contributed by atoms with Crippen LogP contribution in [0.5, 0.6) is 0 Å². The summed E-state index contributed by atoms with van der Waals surface area (Å²) < 4.78 is 31.1. The summed E-state index contributed by atoms with van der Waals surface area (Å²) in [6.07, 6.45) is 0.862. The molecule has 112 valence electrons. The Kier molecular flexibility index (Phi) is 4.60. The van der Waals surface area contributed by atoms with E-state index in [2.05, 4.69) is 4.74 Å². The second-order valence-electron chi connectivity index (χ2n) is 4.81. The van der Waals surface area contributed by atoms with Crippen molar-refractivity contribution in [2.45, 2.75) is 17.7 Å². The molecule has 1 saturated heterocycles. The molecule has 0 saturated carbocycles. The Bertz CT molecular complexity index is 670. The SMILES string of the molecule is COC(=O)C1CCN(S(=O)(=O)c2ccccc2C#N)CC1. The number of hydrogen-bond acceptors (Lipinski definition) is 5. The molecule has 1 heterocycles. The van der Waals surface area contributed by atoms with Crippen LogP contribution in [-0.4, -0.2) is 38.9 Å². The van der Waals surface area contributed by atoms with Gasteiger partial charge in [-0.3, -0.25) is 4.79 Å². The van der Waals surface area contributed by atoms with Crippen LogP contribution in [-0.2, 0) is 19.6 Å². The lowest BCUT2D eigenvalue weighted by Crippen LogP contribution is -2.40. The lowest BCUT2D eigenvalue weighted by Gasteiger charge is -2.30. The van der Waals surface area contributed by atoms with Crippen molar-refractivity contribution in [3.05, 3.63) is 29.8 Å². The van der Waals surface area contributed by atoms with E-state index >= 15 is 0 Å². The van der Waals surface area contributed by atoms with Crippen LogP contribution in [0.15, 0.2) is 29.2 Å². The zero-order chi connectivity index (χ0) is 15.5. The van der Waals surface area contributed by atoms with E-state index in [4.69, 9.17) is 5.26 Å². The highest BCUT2D eigenvalue weighted by Crippen LogP contribution is 2.26. The normalized spacial score (nSPS) is 17.1. The van der Waals surface area contributed by atoms with Crippen LogP contribution in [0.25, 0.3) is 0 Å². The predicted octanol–water partition coefficient (Wildman–Crippen LogP) is 1.13. The highest BCUT2D eigenvalue weighted by molar-refractivity contribution is 7.89. The molecule has 0 aromatic heterocycles. The van der Waals surface area contributed by atoms with Gasteiger partial charge in [0, 0.05) is 13.1 Å². The Labute approximate surface area is 124 Å². The van der Waals surface area contributed by atoms with E-state index in [1.807, 2.05) is 6.07 Å². The molecule has 1 aliphatic heterocycles. The van der Waals surface area contributed by atoms with Crippen LogP contribution >= 0.6 is 0 Å². The zero-order valence-corrected chi connectivity index (χ0v) is 12.5. The van der Waals surface area contributed by atoms with Gasteiger partial charge in [0.25, 0.3) is 0 Å². The molecule has 0 spiro atoms. The first kappa shape index (κ1) is 15.5. The fourth-order valence-corrected chi connectivity index (χ4v) is 4.03. The minimum atomic E-state index is -3.70. The number of methoxy groups -OCH3 is 1. The molecule has 6 nitrogen and oxygen atoms in total. The Morgan fingerprint density at radius 3 is 2.52 bits per heavy atom. The van der Waals surface area contributed by atoms with Crippen molar-refractivity contribution in [2.75, 3.05) is 20.2 Å². The third-order valence-corrected chi connectivity index (χ3v) is 5.57. The number of sulfonamides is 1. The van der Waals surface area contributed by atoms with Crippen molar-refractivity contribution in [3.8, 4) is 6.07 Å². The van der Waals surface area contributed by atoms with Crippen LogP contribution in [0.3, 0.4) is 0 Å². The van der Waals surface area contributed by atoms with Crippen molar-refractivity contribution in [2.24, 2.45) is 5.92 Å². The molecule has 0 radical (unpaired) electrons. The van der Waals surface area contributed by atoms with E-state index in [0.29, 0.717) is 12.8 Å². The maximum absolute atomic E-state index is 12.6. The lowest BCUT2D eigenvalue weighted by atomic mass is 9.99. The molecule has 0 N–H and O–H groups in total. The van der Waals surface area contributed by atoms with Gasteiger partial charge in [-0.2, -0.15) is 9.57 Å². The first-order valence-electron chi connectivity index (χ1n) is 6.58. The van der Waals surface area contributed by atoms with Crippen LogP contribution in [0.2, 0.25) is 0 Å². The van der Waals surface area contributed by atoms with E-state index in [9.17, 15) is 13.2 Å². The number of nitrogens with zero attached hydrogens (tertiary/aromatic N) is 2. The maximum atomic E-state index is 12.6. The second kappa shape index (κ2) is 6.24. The maximum Gasteiger partial charge on any atom is 0.308 e. The van der Waals surface area contributed by atoms with E-state index in [1.54, 1.807) is 12.1 Å². The van der Waals surface area contributed by atoms with E-state index in [1.165, 1.54) is 23.5 Å². The standard InChI is InChI=1S/C14H16N2O4S/c1-20-14(17)11-6-8-16(9-7-11)21(18,19)13-5-3-2-4-12(13)10-15/h2-5,11H,6-9H2,1H3. The minimum Gasteiger partial charge on any atom is -0.469 e. The van der Waals surface area contributed by atoms with E-state index < -0.39 is 10.0 Å². The number of esters is 1. The van der Waals surface area contributed by atoms with Gasteiger partial charge in [0.2, 0.25) is 10.0 Å². The second-order valence-corrected chi connectivity index (χ2v) is 6.72. The van der Waals surface area contributed by atoms with E-state index in [-0.39, 0.29) is 35.4 Å². The quantitative estimate of drug-likeness (QED) is 0.781. The smallest absolute Gasteiger partial charge is 0.308 e. The number of ether oxygens (including phenoxy) is 1. The van der Waals surface area contributed by atoms with Gasteiger partial charge < -0.3 is 4.74 Å². The van der Waals surface area contributed by atoms with Gasteiger partial charge in [0.05, 0.1) is 23.5 Å². The summed E-state index contributed by atoms with van der Waals surface area (Å²) in [5.74, 6) is -0.558. The first-order valence-corrected chi connectivity index (χ1v) is 8.02. The number of carbonyl (C=O) groups excluding carboxylic acids is 1. The molecule has 0 aliphatic carbocycles. The van der Waals surface area contributed by atoms with Crippen molar-refractivity contribution < 1.29 is 17.9 Å². The average molecular weight is 308 g/mol. The van der Waals surface area contributed by atoms with Crippen molar-refractivity contribution in [1.82, 2.24) is 4.31 Å². The van der Waals surface area contributed by atoms with Crippen LogP contribution in [0, 0.1) is 17.2 Å².